The Morgan fingerprint density at radius 3 is 2.32 bits per heavy atom. The lowest BCUT2D eigenvalue weighted by molar-refractivity contribution is -0.136. The molecule has 8 heteroatoms. The van der Waals surface area contributed by atoms with Gasteiger partial charge in [0.2, 0.25) is 5.91 Å². The molecule has 1 aromatic rings. The number of piperidine rings is 1. The molecule has 0 saturated carbocycles. The molecule has 0 bridgehead atoms. The van der Waals surface area contributed by atoms with Crippen molar-refractivity contribution in [3.63, 3.8) is 0 Å². The largest absolute Gasteiger partial charge is 0.354 e. The maximum absolute atomic E-state index is 12.5. The van der Waals surface area contributed by atoms with E-state index in [2.05, 4.69) is 41.5 Å². The van der Waals surface area contributed by atoms with Gasteiger partial charge < -0.3 is 15.5 Å². The first-order valence-electron chi connectivity index (χ1n) is 10.2. The van der Waals surface area contributed by atoms with E-state index in [9.17, 15) is 4.79 Å². The predicted octanol–water partition coefficient (Wildman–Crippen LogP) is 2.75. The van der Waals surface area contributed by atoms with E-state index in [1.807, 2.05) is 23.6 Å². The second-order valence-corrected chi connectivity index (χ2v) is 7.46. The van der Waals surface area contributed by atoms with Gasteiger partial charge in [-0.3, -0.25) is 14.5 Å². The number of guanidine groups is 1. The fourth-order valence-corrected chi connectivity index (χ4v) is 3.77. The van der Waals surface area contributed by atoms with Gasteiger partial charge in [-0.1, -0.05) is 13.8 Å². The Hall–Kier alpha value is -1.32. The molecule has 2 rings (SSSR count). The zero-order valence-electron chi connectivity index (χ0n) is 18.2. The standard InChI is InChI=1S/C20H36N6O.HI/c1-7-16(8-2)19(27)26-11-9-17(10-12-26)23-20(21-5)22-13-18-14(3)24-25(6)15(18)4;/h16-17H,7-13H2,1-6H3,(H2,21,22,23);1H. The van der Waals surface area contributed by atoms with E-state index in [1.54, 1.807) is 7.05 Å². The summed E-state index contributed by atoms with van der Waals surface area (Å²) in [6.45, 7) is 10.7. The van der Waals surface area contributed by atoms with Crippen LogP contribution in [0.2, 0.25) is 0 Å². The number of aliphatic imine (C=N–C) groups is 1. The van der Waals surface area contributed by atoms with Gasteiger partial charge in [0, 0.05) is 56.9 Å². The SMILES string of the molecule is CCC(CC)C(=O)N1CCC(NC(=NC)NCc2c(C)nn(C)c2C)CC1.I. The summed E-state index contributed by atoms with van der Waals surface area (Å²) >= 11 is 0. The number of aryl methyl sites for hydroxylation is 2. The number of halogens is 1. The molecule has 160 valence electrons. The monoisotopic (exact) mass is 504 g/mol. The van der Waals surface area contributed by atoms with Crippen LogP contribution >= 0.6 is 24.0 Å². The highest BCUT2D eigenvalue weighted by Gasteiger charge is 2.26. The predicted molar refractivity (Wildman–Crippen MR) is 125 cm³/mol. The van der Waals surface area contributed by atoms with Gasteiger partial charge in [-0.2, -0.15) is 5.10 Å². The quantitative estimate of drug-likeness (QED) is 0.355. The molecule has 2 heterocycles. The molecule has 0 aromatic carbocycles. The van der Waals surface area contributed by atoms with Gasteiger partial charge in [0.15, 0.2) is 5.96 Å². The summed E-state index contributed by atoms with van der Waals surface area (Å²) in [5.74, 6) is 1.31. The van der Waals surface area contributed by atoms with Crippen LogP contribution in [0.4, 0.5) is 0 Å². The molecule has 0 aliphatic carbocycles. The molecule has 0 spiro atoms. The molecule has 1 aliphatic heterocycles. The Balaban J connectivity index is 0.00000392. The normalized spacial score (nSPS) is 15.5. The maximum atomic E-state index is 12.5. The summed E-state index contributed by atoms with van der Waals surface area (Å²) in [6.07, 6.45) is 3.77. The lowest BCUT2D eigenvalue weighted by Crippen LogP contribution is -2.50. The number of likely N-dealkylation sites (tertiary alicyclic amines) is 1. The summed E-state index contributed by atoms with van der Waals surface area (Å²) in [7, 11) is 3.76. The maximum Gasteiger partial charge on any atom is 0.225 e. The molecule has 1 fully saturated rings. The Morgan fingerprint density at radius 2 is 1.86 bits per heavy atom. The number of amides is 1. The van der Waals surface area contributed by atoms with Crippen LogP contribution in [0.3, 0.4) is 0 Å². The van der Waals surface area contributed by atoms with Crippen LogP contribution in [-0.2, 0) is 18.4 Å². The summed E-state index contributed by atoms with van der Waals surface area (Å²) < 4.78 is 1.91. The number of nitrogens with one attached hydrogen (secondary N) is 2. The van der Waals surface area contributed by atoms with E-state index in [1.165, 1.54) is 11.3 Å². The van der Waals surface area contributed by atoms with Crippen LogP contribution < -0.4 is 10.6 Å². The minimum absolute atomic E-state index is 0. The molecule has 2 N–H and O–H groups in total. The van der Waals surface area contributed by atoms with E-state index in [0.717, 1.165) is 50.4 Å². The number of carbonyl (C=O) groups is 1. The molecular formula is C20H37IN6O. The van der Waals surface area contributed by atoms with Crippen LogP contribution in [-0.4, -0.2) is 52.7 Å². The van der Waals surface area contributed by atoms with Crippen molar-refractivity contribution < 1.29 is 4.79 Å². The Bertz CT molecular complexity index is 660. The Morgan fingerprint density at radius 1 is 1.25 bits per heavy atom. The Kier molecular flexibility index (Phi) is 10.3. The minimum Gasteiger partial charge on any atom is -0.354 e. The summed E-state index contributed by atoms with van der Waals surface area (Å²) in [5, 5.41) is 11.4. The third-order valence-corrected chi connectivity index (χ3v) is 5.80. The molecule has 0 unspecified atom stereocenters. The van der Waals surface area contributed by atoms with Crippen LogP contribution in [0.25, 0.3) is 0 Å². The van der Waals surface area contributed by atoms with Gasteiger partial charge in [-0.05, 0) is 39.5 Å². The van der Waals surface area contributed by atoms with Crippen molar-refractivity contribution in [1.82, 2.24) is 25.3 Å². The lowest BCUT2D eigenvalue weighted by atomic mass is 9.98. The molecule has 0 atom stereocenters. The summed E-state index contributed by atoms with van der Waals surface area (Å²) in [5.41, 5.74) is 3.43. The van der Waals surface area contributed by atoms with Gasteiger partial charge in [0.05, 0.1) is 5.69 Å². The fourth-order valence-electron chi connectivity index (χ4n) is 3.77. The Labute approximate surface area is 186 Å². The van der Waals surface area contributed by atoms with Crippen LogP contribution in [0.15, 0.2) is 4.99 Å². The van der Waals surface area contributed by atoms with Crippen molar-refractivity contribution in [2.45, 2.75) is 66.0 Å². The second kappa shape index (κ2) is 11.6. The zero-order chi connectivity index (χ0) is 20.0. The van der Waals surface area contributed by atoms with Gasteiger partial charge in [-0.25, -0.2) is 0 Å². The van der Waals surface area contributed by atoms with E-state index in [-0.39, 0.29) is 29.9 Å². The average molecular weight is 504 g/mol. The van der Waals surface area contributed by atoms with E-state index in [0.29, 0.717) is 18.5 Å². The van der Waals surface area contributed by atoms with Crippen LogP contribution in [0, 0.1) is 19.8 Å². The lowest BCUT2D eigenvalue weighted by Gasteiger charge is -2.34. The average Bonchev–Trinajstić information content (AvgIpc) is 2.91. The van der Waals surface area contributed by atoms with Crippen molar-refractivity contribution in [2.75, 3.05) is 20.1 Å². The van der Waals surface area contributed by atoms with Crippen molar-refractivity contribution in [2.24, 2.45) is 18.0 Å². The molecule has 1 aliphatic rings. The first-order chi connectivity index (χ1) is 12.9. The highest BCUT2D eigenvalue weighted by molar-refractivity contribution is 14.0. The number of carbonyl (C=O) groups excluding carboxylic acids is 1. The molecule has 28 heavy (non-hydrogen) atoms. The molecule has 1 aromatic heterocycles. The number of hydrogen-bond donors (Lipinski definition) is 2. The highest BCUT2D eigenvalue weighted by Crippen LogP contribution is 2.17. The van der Waals surface area contributed by atoms with Crippen molar-refractivity contribution in [3.05, 3.63) is 17.0 Å². The second-order valence-electron chi connectivity index (χ2n) is 7.46. The molecule has 0 radical (unpaired) electrons. The highest BCUT2D eigenvalue weighted by atomic mass is 127. The third-order valence-electron chi connectivity index (χ3n) is 5.80. The van der Waals surface area contributed by atoms with E-state index in [4.69, 9.17) is 0 Å². The van der Waals surface area contributed by atoms with Crippen molar-refractivity contribution in [3.8, 4) is 0 Å². The topological polar surface area (TPSA) is 74.6 Å². The van der Waals surface area contributed by atoms with Crippen molar-refractivity contribution >= 4 is 35.8 Å². The summed E-state index contributed by atoms with van der Waals surface area (Å²) in [4.78, 5) is 18.9. The first kappa shape index (κ1) is 24.7. The number of rotatable bonds is 6. The van der Waals surface area contributed by atoms with Gasteiger partial charge in [0.25, 0.3) is 0 Å². The zero-order valence-corrected chi connectivity index (χ0v) is 20.5. The van der Waals surface area contributed by atoms with Crippen LogP contribution in [0.5, 0.6) is 0 Å². The molecular weight excluding hydrogens is 467 g/mol. The number of aromatic nitrogens is 2. The van der Waals surface area contributed by atoms with Crippen LogP contribution in [0.1, 0.15) is 56.5 Å². The molecule has 1 amide bonds. The smallest absolute Gasteiger partial charge is 0.225 e. The summed E-state index contributed by atoms with van der Waals surface area (Å²) in [6, 6.07) is 0.345. The van der Waals surface area contributed by atoms with E-state index < -0.39 is 0 Å². The van der Waals surface area contributed by atoms with Gasteiger partial charge >= 0.3 is 0 Å². The van der Waals surface area contributed by atoms with E-state index >= 15 is 0 Å². The number of nitrogens with zero attached hydrogens (tertiary/aromatic N) is 4. The van der Waals surface area contributed by atoms with Crippen molar-refractivity contribution in [1.29, 1.82) is 0 Å². The van der Waals surface area contributed by atoms with Gasteiger partial charge in [-0.15, -0.1) is 24.0 Å². The number of hydrogen-bond acceptors (Lipinski definition) is 3. The third kappa shape index (κ3) is 6.09. The fraction of sp³-hybridized carbons (Fsp3) is 0.750. The molecule has 1 saturated heterocycles. The minimum atomic E-state index is 0. The first-order valence-corrected chi connectivity index (χ1v) is 10.2. The van der Waals surface area contributed by atoms with Gasteiger partial charge in [0.1, 0.15) is 0 Å². The molecule has 7 nitrogen and oxygen atoms in total.